The molecule has 1 aromatic carbocycles. The van der Waals surface area contributed by atoms with Gasteiger partial charge in [0.25, 0.3) is 0 Å². The van der Waals surface area contributed by atoms with Gasteiger partial charge in [0.1, 0.15) is 5.82 Å². The monoisotopic (exact) mass is 245 g/mol. The third-order valence-electron chi connectivity index (χ3n) is 2.84. The number of benzene rings is 1. The van der Waals surface area contributed by atoms with Crippen molar-refractivity contribution in [3.8, 4) is 0 Å². The fraction of sp³-hybridized carbons (Fsp3) is 0.286. The molecule has 0 aliphatic carbocycles. The second-order valence-electron chi connectivity index (χ2n) is 4.12. The number of aromatic nitrogens is 2. The smallest absolute Gasteiger partial charge is 0.123 e. The van der Waals surface area contributed by atoms with Gasteiger partial charge in [-0.15, -0.1) is 0 Å². The third-order valence-corrected chi connectivity index (χ3v) is 2.84. The summed E-state index contributed by atoms with van der Waals surface area (Å²) in [6.45, 7) is 4.75. The van der Waals surface area contributed by atoms with Crippen molar-refractivity contribution in [2.75, 3.05) is 6.54 Å². The fourth-order valence-corrected chi connectivity index (χ4v) is 1.96. The number of aryl methyl sites for hydroxylation is 1. The summed E-state index contributed by atoms with van der Waals surface area (Å²) >= 11 is 0. The molecule has 1 N–H and O–H groups in total. The molecular weight excluding hydrogens is 229 g/mol. The molecule has 0 saturated carbocycles. The van der Waals surface area contributed by atoms with Gasteiger partial charge in [0, 0.05) is 12.4 Å². The zero-order valence-corrected chi connectivity index (χ0v) is 10.5. The summed E-state index contributed by atoms with van der Waals surface area (Å²) in [6.07, 6.45) is 4.98. The van der Waals surface area contributed by atoms with Crippen LogP contribution in [-0.4, -0.2) is 16.5 Å². The van der Waals surface area contributed by atoms with E-state index >= 15 is 0 Å². The first-order valence-electron chi connectivity index (χ1n) is 5.97. The number of nitrogens with zero attached hydrogens (tertiary/aromatic N) is 2. The van der Waals surface area contributed by atoms with Gasteiger partial charge in [0.2, 0.25) is 0 Å². The average Bonchev–Trinajstić information content (AvgIpc) is 2.40. The van der Waals surface area contributed by atoms with E-state index in [1.165, 1.54) is 6.07 Å². The van der Waals surface area contributed by atoms with Crippen LogP contribution in [0.25, 0.3) is 0 Å². The van der Waals surface area contributed by atoms with Crippen LogP contribution < -0.4 is 5.32 Å². The quantitative estimate of drug-likeness (QED) is 0.899. The Hall–Kier alpha value is -1.81. The fourth-order valence-electron chi connectivity index (χ4n) is 1.96. The Labute approximate surface area is 106 Å². The second kappa shape index (κ2) is 5.69. The van der Waals surface area contributed by atoms with Crippen LogP contribution in [0.5, 0.6) is 0 Å². The maximum Gasteiger partial charge on any atom is 0.123 e. The lowest BCUT2D eigenvalue weighted by Gasteiger charge is -2.19. The first kappa shape index (κ1) is 12.6. The highest BCUT2D eigenvalue weighted by molar-refractivity contribution is 5.34. The van der Waals surface area contributed by atoms with Crippen molar-refractivity contribution in [3.63, 3.8) is 0 Å². The van der Waals surface area contributed by atoms with Crippen LogP contribution in [0.1, 0.15) is 29.8 Å². The summed E-state index contributed by atoms with van der Waals surface area (Å²) in [5, 5.41) is 3.31. The maximum atomic E-state index is 13.4. The molecule has 1 unspecified atom stereocenters. The molecule has 2 rings (SSSR count). The van der Waals surface area contributed by atoms with Crippen molar-refractivity contribution in [2.24, 2.45) is 0 Å². The molecule has 0 aliphatic rings. The summed E-state index contributed by atoms with van der Waals surface area (Å²) in [6, 6.07) is 4.68. The average molecular weight is 245 g/mol. The summed E-state index contributed by atoms with van der Waals surface area (Å²) in [4.78, 5) is 8.37. The number of hydrogen-bond donors (Lipinski definition) is 1. The molecule has 0 bridgehead atoms. The highest BCUT2D eigenvalue weighted by Crippen LogP contribution is 2.23. The molecule has 1 atom stereocenters. The van der Waals surface area contributed by atoms with E-state index in [1.807, 2.05) is 13.8 Å². The molecule has 0 radical (unpaired) electrons. The SMILES string of the molecule is CCNC(c1cnccn1)c1cc(F)ccc1C. The number of halogens is 1. The second-order valence-corrected chi connectivity index (χ2v) is 4.12. The van der Waals surface area contributed by atoms with Crippen LogP contribution in [0.3, 0.4) is 0 Å². The molecule has 0 amide bonds. The van der Waals surface area contributed by atoms with Gasteiger partial charge < -0.3 is 5.32 Å². The van der Waals surface area contributed by atoms with E-state index in [0.29, 0.717) is 0 Å². The zero-order chi connectivity index (χ0) is 13.0. The molecule has 1 aromatic heterocycles. The van der Waals surface area contributed by atoms with E-state index in [0.717, 1.165) is 23.4 Å². The lowest BCUT2D eigenvalue weighted by atomic mass is 9.98. The van der Waals surface area contributed by atoms with E-state index < -0.39 is 0 Å². The van der Waals surface area contributed by atoms with Gasteiger partial charge in [0.05, 0.1) is 17.9 Å². The van der Waals surface area contributed by atoms with Gasteiger partial charge in [0.15, 0.2) is 0 Å². The molecule has 3 nitrogen and oxygen atoms in total. The summed E-state index contributed by atoms with van der Waals surface area (Å²) in [5.41, 5.74) is 2.73. The van der Waals surface area contributed by atoms with Crippen LogP contribution in [0.2, 0.25) is 0 Å². The first-order chi connectivity index (χ1) is 8.72. The Morgan fingerprint density at radius 1 is 1.33 bits per heavy atom. The third kappa shape index (κ3) is 2.71. The van der Waals surface area contributed by atoms with Crippen molar-refractivity contribution in [2.45, 2.75) is 19.9 Å². The van der Waals surface area contributed by atoms with Crippen LogP contribution >= 0.6 is 0 Å². The topological polar surface area (TPSA) is 37.8 Å². The van der Waals surface area contributed by atoms with Crippen molar-refractivity contribution >= 4 is 0 Å². The minimum atomic E-state index is -0.234. The Balaban J connectivity index is 2.44. The molecule has 0 saturated heterocycles. The van der Waals surface area contributed by atoms with Crippen LogP contribution in [-0.2, 0) is 0 Å². The number of hydrogen-bond acceptors (Lipinski definition) is 3. The molecular formula is C14H16FN3. The lowest BCUT2D eigenvalue weighted by Crippen LogP contribution is -2.24. The molecule has 0 aliphatic heterocycles. The number of nitrogens with one attached hydrogen (secondary N) is 1. The van der Waals surface area contributed by atoms with Gasteiger partial charge in [-0.25, -0.2) is 4.39 Å². The molecule has 2 aromatic rings. The first-order valence-corrected chi connectivity index (χ1v) is 5.97. The molecule has 18 heavy (non-hydrogen) atoms. The van der Waals surface area contributed by atoms with E-state index in [4.69, 9.17) is 0 Å². The molecule has 4 heteroatoms. The molecule has 1 heterocycles. The van der Waals surface area contributed by atoms with Gasteiger partial charge in [-0.05, 0) is 36.7 Å². The Morgan fingerprint density at radius 3 is 2.83 bits per heavy atom. The Kier molecular flexibility index (Phi) is 3.99. The minimum Gasteiger partial charge on any atom is -0.305 e. The van der Waals surface area contributed by atoms with E-state index in [2.05, 4.69) is 15.3 Å². The van der Waals surface area contributed by atoms with Gasteiger partial charge >= 0.3 is 0 Å². The summed E-state index contributed by atoms with van der Waals surface area (Å²) < 4.78 is 13.4. The number of rotatable bonds is 4. The summed E-state index contributed by atoms with van der Waals surface area (Å²) in [7, 11) is 0. The van der Waals surface area contributed by atoms with Gasteiger partial charge in [-0.2, -0.15) is 0 Å². The normalized spacial score (nSPS) is 12.4. The molecule has 0 fully saturated rings. The predicted octanol–water partition coefficient (Wildman–Crippen LogP) is 2.62. The van der Waals surface area contributed by atoms with Crippen molar-refractivity contribution in [1.82, 2.24) is 15.3 Å². The lowest BCUT2D eigenvalue weighted by molar-refractivity contribution is 0.591. The zero-order valence-electron chi connectivity index (χ0n) is 10.5. The Morgan fingerprint density at radius 2 is 2.17 bits per heavy atom. The summed E-state index contributed by atoms with van der Waals surface area (Å²) in [5.74, 6) is -0.234. The van der Waals surface area contributed by atoms with Gasteiger partial charge in [-0.1, -0.05) is 13.0 Å². The molecule has 94 valence electrons. The van der Waals surface area contributed by atoms with E-state index in [1.54, 1.807) is 30.7 Å². The predicted molar refractivity (Wildman–Crippen MR) is 68.7 cm³/mol. The van der Waals surface area contributed by atoms with E-state index in [9.17, 15) is 4.39 Å². The van der Waals surface area contributed by atoms with Crippen LogP contribution in [0.4, 0.5) is 4.39 Å². The molecule has 0 spiro atoms. The standard InChI is InChI=1S/C14H16FN3/c1-3-17-14(13-9-16-6-7-18-13)12-8-11(15)5-4-10(12)2/h4-9,14,17H,3H2,1-2H3. The van der Waals surface area contributed by atoms with Crippen LogP contribution in [0, 0.1) is 12.7 Å². The highest BCUT2D eigenvalue weighted by atomic mass is 19.1. The van der Waals surface area contributed by atoms with Gasteiger partial charge in [-0.3, -0.25) is 9.97 Å². The van der Waals surface area contributed by atoms with Crippen molar-refractivity contribution in [1.29, 1.82) is 0 Å². The minimum absolute atomic E-state index is 0.126. The van der Waals surface area contributed by atoms with Crippen molar-refractivity contribution < 1.29 is 4.39 Å². The largest absolute Gasteiger partial charge is 0.305 e. The Bertz CT molecular complexity index is 514. The maximum absolute atomic E-state index is 13.4. The highest BCUT2D eigenvalue weighted by Gasteiger charge is 2.17. The van der Waals surface area contributed by atoms with E-state index in [-0.39, 0.29) is 11.9 Å². The van der Waals surface area contributed by atoms with Crippen LogP contribution in [0.15, 0.2) is 36.8 Å². The van der Waals surface area contributed by atoms with Crippen molar-refractivity contribution in [3.05, 3.63) is 59.4 Å².